The zero-order valence-corrected chi connectivity index (χ0v) is 19.6. The van der Waals surface area contributed by atoms with Gasteiger partial charge in [-0.05, 0) is 48.4 Å². The molecular weight excluding hydrogens is 468 g/mol. The minimum atomic E-state index is -0.543. The van der Waals surface area contributed by atoms with Crippen molar-refractivity contribution >= 4 is 34.4 Å². The van der Waals surface area contributed by atoms with Gasteiger partial charge in [0.05, 0.1) is 29.3 Å². The average Bonchev–Trinajstić information content (AvgIpc) is 2.88. The summed E-state index contributed by atoms with van der Waals surface area (Å²) in [6, 6.07) is 18.1. The number of esters is 1. The quantitative estimate of drug-likeness (QED) is 0.126. The molecule has 0 aliphatic rings. The van der Waals surface area contributed by atoms with E-state index in [0.29, 0.717) is 29.0 Å². The van der Waals surface area contributed by atoms with Gasteiger partial charge in [-0.2, -0.15) is 0 Å². The van der Waals surface area contributed by atoms with E-state index < -0.39 is 5.97 Å². The van der Waals surface area contributed by atoms with Crippen molar-refractivity contribution in [3.05, 3.63) is 93.8 Å². The fourth-order valence-corrected chi connectivity index (χ4v) is 4.47. The Morgan fingerprint density at radius 2 is 1.71 bits per heavy atom. The number of rotatable bonds is 8. The molecule has 178 valence electrons. The van der Waals surface area contributed by atoms with Gasteiger partial charge in [0, 0.05) is 12.1 Å². The third kappa shape index (κ3) is 5.36. The van der Waals surface area contributed by atoms with E-state index in [1.54, 1.807) is 6.07 Å². The number of hydrogen-bond donors (Lipinski definition) is 2. The Bertz CT molecular complexity index is 1470. The fourth-order valence-electron chi connectivity index (χ4n) is 3.55. The van der Waals surface area contributed by atoms with Crippen molar-refractivity contribution < 1.29 is 24.5 Å². The first kappa shape index (κ1) is 24.0. The van der Waals surface area contributed by atoms with Gasteiger partial charge in [0.1, 0.15) is 0 Å². The predicted octanol–water partition coefficient (Wildman–Crippen LogP) is 3.81. The standard InChI is InChI=1S/C26H22N2O6S/c1-34-25(33)18-7-9-19-20(13-18)27-26(28(24(19)32)12-11-16-5-3-2-4-6-16)35-15-23(31)17-8-10-21(29)22(30)14-17/h2-10,13-14,29-30H,11-12,15H2,1H3. The summed E-state index contributed by atoms with van der Waals surface area (Å²) in [5.74, 6) is -1.61. The molecule has 0 unspecified atom stereocenters. The number of carbonyl (C=O) groups excluding carboxylic acids is 2. The Morgan fingerprint density at radius 3 is 2.43 bits per heavy atom. The Kier molecular flexibility index (Phi) is 7.17. The van der Waals surface area contributed by atoms with E-state index in [9.17, 15) is 24.6 Å². The summed E-state index contributed by atoms with van der Waals surface area (Å²) in [5.41, 5.74) is 1.58. The van der Waals surface area contributed by atoms with Crippen LogP contribution in [0.2, 0.25) is 0 Å². The number of carbonyl (C=O) groups is 2. The minimum absolute atomic E-state index is 0.0514. The molecule has 1 aromatic heterocycles. The summed E-state index contributed by atoms with van der Waals surface area (Å²) in [4.78, 5) is 42.6. The van der Waals surface area contributed by atoms with Gasteiger partial charge in [0.2, 0.25) is 0 Å². The third-order valence-electron chi connectivity index (χ3n) is 5.44. The lowest BCUT2D eigenvalue weighted by molar-refractivity contribution is 0.0600. The highest BCUT2D eigenvalue weighted by molar-refractivity contribution is 7.99. The van der Waals surface area contributed by atoms with E-state index in [1.165, 1.54) is 42.0 Å². The molecule has 0 saturated carbocycles. The maximum Gasteiger partial charge on any atom is 0.337 e. The van der Waals surface area contributed by atoms with Crippen molar-refractivity contribution in [2.24, 2.45) is 0 Å². The van der Waals surface area contributed by atoms with E-state index in [1.807, 2.05) is 30.3 Å². The molecule has 0 aliphatic heterocycles. The van der Waals surface area contributed by atoms with Crippen LogP contribution in [0.3, 0.4) is 0 Å². The van der Waals surface area contributed by atoms with Crippen molar-refractivity contribution in [3.8, 4) is 11.5 Å². The highest BCUT2D eigenvalue weighted by Gasteiger charge is 2.17. The molecule has 0 aliphatic carbocycles. The lowest BCUT2D eigenvalue weighted by atomic mass is 10.1. The normalized spacial score (nSPS) is 10.9. The van der Waals surface area contributed by atoms with Crippen molar-refractivity contribution in [1.29, 1.82) is 0 Å². The number of thioether (sulfide) groups is 1. The Hall–Kier alpha value is -4.11. The predicted molar refractivity (Wildman–Crippen MR) is 132 cm³/mol. The number of fused-ring (bicyclic) bond motifs is 1. The second-order valence-corrected chi connectivity index (χ2v) is 8.67. The van der Waals surface area contributed by atoms with Crippen LogP contribution in [0.25, 0.3) is 10.9 Å². The summed E-state index contributed by atoms with van der Waals surface area (Å²) in [6.07, 6.45) is 0.585. The number of benzene rings is 3. The van der Waals surface area contributed by atoms with Crippen molar-refractivity contribution in [2.45, 2.75) is 18.1 Å². The number of nitrogens with zero attached hydrogens (tertiary/aromatic N) is 2. The molecule has 0 amide bonds. The van der Waals surface area contributed by atoms with Gasteiger partial charge in [0.15, 0.2) is 22.4 Å². The van der Waals surface area contributed by atoms with Crippen LogP contribution < -0.4 is 5.56 Å². The average molecular weight is 491 g/mol. The molecule has 0 saturated heterocycles. The van der Waals surface area contributed by atoms with Gasteiger partial charge < -0.3 is 14.9 Å². The van der Waals surface area contributed by atoms with Crippen LogP contribution >= 0.6 is 11.8 Å². The maximum absolute atomic E-state index is 13.4. The lowest BCUT2D eigenvalue weighted by Gasteiger charge is -2.13. The third-order valence-corrected chi connectivity index (χ3v) is 6.41. The van der Waals surface area contributed by atoms with Crippen LogP contribution in [0.1, 0.15) is 26.3 Å². The SMILES string of the molecule is COC(=O)c1ccc2c(=O)n(CCc3ccccc3)c(SCC(=O)c3ccc(O)c(O)c3)nc2c1. The van der Waals surface area contributed by atoms with Gasteiger partial charge in [-0.1, -0.05) is 42.1 Å². The van der Waals surface area contributed by atoms with Crippen LogP contribution in [-0.2, 0) is 17.7 Å². The number of phenols is 2. The second kappa shape index (κ2) is 10.4. The Balaban J connectivity index is 1.69. The van der Waals surface area contributed by atoms with Crippen molar-refractivity contribution in [1.82, 2.24) is 9.55 Å². The van der Waals surface area contributed by atoms with Gasteiger partial charge in [-0.15, -0.1) is 0 Å². The van der Waals surface area contributed by atoms with E-state index in [0.717, 1.165) is 17.3 Å². The number of aromatic nitrogens is 2. The fraction of sp³-hybridized carbons (Fsp3) is 0.154. The summed E-state index contributed by atoms with van der Waals surface area (Å²) < 4.78 is 6.29. The lowest BCUT2D eigenvalue weighted by Crippen LogP contribution is -2.25. The second-order valence-electron chi connectivity index (χ2n) is 7.73. The minimum Gasteiger partial charge on any atom is -0.504 e. The van der Waals surface area contributed by atoms with Crippen LogP contribution in [-0.4, -0.2) is 44.4 Å². The molecule has 0 fully saturated rings. The number of ether oxygens (including phenoxy) is 1. The molecule has 2 N–H and O–H groups in total. The highest BCUT2D eigenvalue weighted by Crippen LogP contribution is 2.26. The van der Waals surface area contributed by atoms with E-state index in [2.05, 4.69) is 4.98 Å². The Morgan fingerprint density at radius 1 is 0.971 bits per heavy atom. The molecular formula is C26H22N2O6S. The molecule has 0 radical (unpaired) electrons. The zero-order chi connectivity index (χ0) is 24.9. The highest BCUT2D eigenvalue weighted by atomic mass is 32.2. The smallest absolute Gasteiger partial charge is 0.337 e. The molecule has 9 heteroatoms. The Labute approximate surface area is 204 Å². The first-order chi connectivity index (χ1) is 16.9. The van der Waals surface area contributed by atoms with Crippen LogP contribution in [0, 0.1) is 0 Å². The molecule has 35 heavy (non-hydrogen) atoms. The van der Waals surface area contributed by atoms with Gasteiger partial charge in [0.25, 0.3) is 5.56 Å². The number of aryl methyl sites for hydroxylation is 1. The summed E-state index contributed by atoms with van der Waals surface area (Å²) in [7, 11) is 1.27. The number of hydrogen-bond acceptors (Lipinski definition) is 8. The largest absolute Gasteiger partial charge is 0.504 e. The van der Waals surface area contributed by atoms with Crippen LogP contribution in [0.5, 0.6) is 11.5 Å². The molecule has 4 aromatic rings. The number of methoxy groups -OCH3 is 1. The monoisotopic (exact) mass is 490 g/mol. The summed E-state index contributed by atoms with van der Waals surface area (Å²) in [5, 5.41) is 19.9. The van der Waals surface area contributed by atoms with Gasteiger partial charge in [-0.25, -0.2) is 9.78 Å². The van der Waals surface area contributed by atoms with Crippen molar-refractivity contribution in [2.75, 3.05) is 12.9 Å². The number of phenolic OH excluding ortho intramolecular Hbond substituents is 2. The van der Waals surface area contributed by atoms with Crippen molar-refractivity contribution in [3.63, 3.8) is 0 Å². The zero-order valence-electron chi connectivity index (χ0n) is 18.8. The number of Topliss-reactive ketones (excluding diaryl/α,β-unsaturated/α-hetero) is 1. The molecule has 0 spiro atoms. The van der Waals surface area contributed by atoms with E-state index in [-0.39, 0.29) is 39.7 Å². The molecule has 0 atom stereocenters. The molecule has 1 heterocycles. The van der Waals surface area contributed by atoms with Crippen LogP contribution in [0.15, 0.2) is 76.7 Å². The first-order valence-electron chi connectivity index (χ1n) is 10.7. The first-order valence-corrected chi connectivity index (χ1v) is 11.7. The molecule has 0 bridgehead atoms. The van der Waals surface area contributed by atoms with Crippen LogP contribution in [0.4, 0.5) is 0 Å². The topological polar surface area (TPSA) is 119 Å². The molecule has 3 aromatic carbocycles. The van der Waals surface area contributed by atoms with E-state index >= 15 is 0 Å². The van der Waals surface area contributed by atoms with Gasteiger partial charge in [-0.3, -0.25) is 14.2 Å². The van der Waals surface area contributed by atoms with Gasteiger partial charge >= 0.3 is 5.97 Å². The van der Waals surface area contributed by atoms with E-state index in [4.69, 9.17) is 4.74 Å². The maximum atomic E-state index is 13.4. The summed E-state index contributed by atoms with van der Waals surface area (Å²) >= 11 is 1.09. The number of aromatic hydroxyl groups is 2. The molecule has 8 nitrogen and oxygen atoms in total. The number of ketones is 1. The summed E-state index contributed by atoms with van der Waals surface area (Å²) in [6.45, 7) is 0.348. The molecule has 4 rings (SSSR count).